The summed E-state index contributed by atoms with van der Waals surface area (Å²) < 4.78 is 45.0. The molecular weight excluding hydrogens is 325 g/mol. The molecule has 1 aliphatic heterocycles. The molecule has 0 unspecified atom stereocenters. The van der Waals surface area contributed by atoms with E-state index in [0.717, 1.165) is 11.8 Å². The quantitative estimate of drug-likeness (QED) is 0.442. The summed E-state index contributed by atoms with van der Waals surface area (Å²) >= 11 is 0. The lowest BCUT2D eigenvalue weighted by Gasteiger charge is -2.34. The number of nitrogens with zero attached hydrogens (tertiary/aromatic N) is 1. The van der Waals surface area contributed by atoms with Crippen molar-refractivity contribution in [3.05, 3.63) is 35.9 Å². The topological polar surface area (TPSA) is 72.9 Å². The number of rotatable bonds is 6. The van der Waals surface area contributed by atoms with E-state index in [1.165, 1.54) is 0 Å². The van der Waals surface area contributed by atoms with Crippen LogP contribution in [-0.4, -0.2) is 51.1 Å². The van der Waals surface area contributed by atoms with Gasteiger partial charge in [-0.2, -0.15) is 8.42 Å². The first-order valence-corrected chi connectivity index (χ1v) is 9.07. The summed E-state index contributed by atoms with van der Waals surface area (Å²) in [5, 5.41) is 0. The number of carbonyl (C=O) groups is 1. The van der Waals surface area contributed by atoms with Gasteiger partial charge in [-0.25, -0.2) is 13.4 Å². The minimum atomic E-state index is -3.72. The molecule has 0 atom stereocenters. The van der Waals surface area contributed by atoms with Crippen LogP contribution >= 0.6 is 0 Å². The molecule has 1 fully saturated rings. The van der Waals surface area contributed by atoms with Crippen molar-refractivity contribution in [2.45, 2.75) is 25.1 Å². The summed E-state index contributed by atoms with van der Waals surface area (Å²) in [5.74, 6) is -1.07. The molecular formula is C15H20FNO5S. The van der Waals surface area contributed by atoms with E-state index in [1.54, 1.807) is 0 Å². The van der Waals surface area contributed by atoms with E-state index in [4.69, 9.17) is 0 Å². The molecule has 0 amide bonds. The molecule has 0 N–H and O–H groups in total. The Morgan fingerprint density at radius 3 is 2.43 bits per heavy atom. The van der Waals surface area contributed by atoms with E-state index in [9.17, 15) is 17.6 Å². The van der Waals surface area contributed by atoms with E-state index >= 15 is 0 Å². The van der Waals surface area contributed by atoms with Crippen LogP contribution in [0.3, 0.4) is 0 Å². The highest BCUT2D eigenvalue weighted by Gasteiger charge is 2.43. The maximum absolute atomic E-state index is 14.6. The fourth-order valence-corrected chi connectivity index (χ4v) is 2.63. The SMILES string of the molecule is CS(=O)(=O)OCOC(=O)C1(F)CCN(Cc2ccccc2)CC1. The number of benzene rings is 1. The van der Waals surface area contributed by atoms with Crippen LogP contribution in [0.25, 0.3) is 0 Å². The highest BCUT2D eigenvalue weighted by molar-refractivity contribution is 7.85. The summed E-state index contributed by atoms with van der Waals surface area (Å²) in [4.78, 5) is 13.8. The maximum Gasteiger partial charge on any atom is 0.346 e. The molecule has 2 rings (SSSR count). The first-order chi connectivity index (χ1) is 10.8. The van der Waals surface area contributed by atoms with Gasteiger partial charge in [-0.1, -0.05) is 30.3 Å². The third-order valence-corrected chi connectivity index (χ3v) is 4.24. The molecule has 0 spiro atoms. The van der Waals surface area contributed by atoms with Crippen LogP contribution in [0.2, 0.25) is 0 Å². The number of esters is 1. The van der Waals surface area contributed by atoms with E-state index in [-0.39, 0.29) is 12.8 Å². The van der Waals surface area contributed by atoms with Gasteiger partial charge in [-0.15, -0.1) is 0 Å². The second-order valence-corrected chi connectivity index (χ2v) is 7.24. The van der Waals surface area contributed by atoms with Gasteiger partial charge in [0.1, 0.15) is 0 Å². The largest absolute Gasteiger partial charge is 0.435 e. The number of carbonyl (C=O) groups excluding carboxylic acids is 1. The van der Waals surface area contributed by atoms with Gasteiger partial charge >= 0.3 is 5.97 Å². The van der Waals surface area contributed by atoms with Gasteiger partial charge in [0, 0.05) is 32.5 Å². The molecule has 8 heteroatoms. The van der Waals surface area contributed by atoms with Gasteiger partial charge in [0.05, 0.1) is 6.26 Å². The molecule has 0 saturated carbocycles. The van der Waals surface area contributed by atoms with Gasteiger partial charge < -0.3 is 4.74 Å². The Balaban J connectivity index is 1.80. The maximum atomic E-state index is 14.6. The zero-order chi connectivity index (χ0) is 16.9. The molecule has 1 saturated heterocycles. The van der Waals surface area contributed by atoms with Gasteiger partial charge in [0.15, 0.2) is 0 Å². The lowest BCUT2D eigenvalue weighted by atomic mass is 9.93. The number of piperidine rings is 1. The van der Waals surface area contributed by atoms with Crippen molar-refractivity contribution >= 4 is 16.1 Å². The standard InChI is InChI=1S/C15H20FNO5S/c1-23(19,20)22-12-21-14(18)15(16)7-9-17(10-8-15)11-13-5-3-2-4-6-13/h2-6H,7-12H2,1H3. The predicted molar refractivity (Wildman–Crippen MR) is 81.7 cm³/mol. The van der Waals surface area contributed by atoms with Crippen molar-refractivity contribution in [2.75, 3.05) is 26.1 Å². The Morgan fingerprint density at radius 1 is 1.26 bits per heavy atom. The first-order valence-electron chi connectivity index (χ1n) is 7.25. The van der Waals surface area contributed by atoms with Crippen LogP contribution < -0.4 is 0 Å². The van der Waals surface area contributed by atoms with Gasteiger partial charge in [0.2, 0.25) is 12.5 Å². The van der Waals surface area contributed by atoms with E-state index in [2.05, 4.69) is 13.8 Å². The third kappa shape index (κ3) is 5.56. The zero-order valence-electron chi connectivity index (χ0n) is 12.9. The summed E-state index contributed by atoms with van der Waals surface area (Å²) in [6.07, 6.45) is 0.850. The molecule has 0 aromatic heterocycles. The molecule has 1 aromatic carbocycles. The first kappa shape index (κ1) is 17.8. The molecule has 0 bridgehead atoms. The van der Waals surface area contributed by atoms with Gasteiger partial charge in [0.25, 0.3) is 10.1 Å². The second-order valence-electron chi connectivity index (χ2n) is 5.60. The number of alkyl halides is 1. The average molecular weight is 345 g/mol. The number of halogens is 1. The number of hydrogen-bond acceptors (Lipinski definition) is 6. The second kappa shape index (κ2) is 7.37. The Labute approximate surface area is 135 Å². The Bertz CT molecular complexity index is 627. The van der Waals surface area contributed by atoms with Crippen molar-refractivity contribution < 1.29 is 26.5 Å². The molecule has 0 radical (unpaired) electrons. The average Bonchev–Trinajstić information content (AvgIpc) is 2.49. The van der Waals surface area contributed by atoms with Gasteiger partial charge in [-0.05, 0) is 5.56 Å². The molecule has 128 valence electrons. The summed E-state index contributed by atoms with van der Waals surface area (Å²) in [5.41, 5.74) is -0.961. The summed E-state index contributed by atoms with van der Waals surface area (Å²) in [6.45, 7) is 0.751. The third-order valence-electron chi connectivity index (χ3n) is 3.72. The van der Waals surface area contributed by atoms with Crippen molar-refractivity contribution in [1.29, 1.82) is 0 Å². The van der Waals surface area contributed by atoms with Crippen molar-refractivity contribution in [3.8, 4) is 0 Å². The van der Waals surface area contributed by atoms with E-state index in [0.29, 0.717) is 19.6 Å². The summed E-state index contributed by atoms with van der Waals surface area (Å²) in [7, 11) is -3.72. The lowest BCUT2D eigenvalue weighted by molar-refractivity contribution is -0.167. The van der Waals surface area contributed by atoms with E-state index < -0.39 is 28.5 Å². The zero-order valence-corrected chi connectivity index (χ0v) is 13.7. The highest BCUT2D eigenvalue weighted by atomic mass is 32.2. The molecule has 1 aliphatic rings. The Morgan fingerprint density at radius 2 is 1.87 bits per heavy atom. The highest BCUT2D eigenvalue weighted by Crippen LogP contribution is 2.28. The number of ether oxygens (including phenoxy) is 1. The van der Waals surface area contributed by atoms with Crippen LogP contribution in [0.1, 0.15) is 18.4 Å². The smallest absolute Gasteiger partial charge is 0.346 e. The molecule has 1 aromatic rings. The minimum absolute atomic E-state index is 0.0115. The fourth-order valence-electron chi connectivity index (χ4n) is 2.41. The summed E-state index contributed by atoms with van der Waals surface area (Å²) in [6, 6.07) is 9.80. The molecule has 0 aliphatic carbocycles. The minimum Gasteiger partial charge on any atom is -0.435 e. The van der Waals surface area contributed by atoms with E-state index in [1.807, 2.05) is 30.3 Å². The van der Waals surface area contributed by atoms with Crippen LogP contribution in [0, 0.1) is 0 Å². The lowest BCUT2D eigenvalue weighted by Crippen LogP contribution is -2.47. The Hall–Kier alpha value is -1.51. The predicted octanol–water partition coefficient (Wildman–Crippen LogP) is 1.47. The Kier molecular flexibility index (Phi) is 5.72. The fraction of sp³-hybridized carbons (Fsp3) is 0.533. The molecule has 1 heterocycles. The van der Waals surface area contributed by atoms with Crippen LogP contribution in [0.5, 0.6) is 0 Å². The monoisotopic (exact) mass is 345 g/mol. The molecule has 6 nitrogen and oxygen atoms in total. The van der Waals surface area contributed by atoms with Crippen LogP contribution in [-0.2, 0) is 30.4 Å². The van der Waals surface area contributed by atoms with Gasteiger partial charge in [-0.3, -0.25) is 4.90 Å². The van der Waals surface area contributed by atoms with Crippen molar-refractivity contribution in [2.24, 2.45) is 0 Å². The number of hydrogen-bond donors (Lipinski definition) is 0. The molecule has 23 heavy (non-hydrogen) atoms. The normalized spacial score (nSPS) is 18.5. The van der Waals surface area contributed by atoms with Crippen molar-refractivity contribution in [3.63, 3.8) is 0 Å². The van der Waals surface area contributed by atoms with Crippen LogP contribution in [0.4, 0.5) is 4.39 Å². The number of likely N-dealkylation sites (tertiary alicyclic amines) is 1. The van der Waals surface area contributed by atoms with Crippen molar-refractivity contribution in [1.82, 2.24) is 4.90 Å². The van der Waals surface area contributed by atoms with Crippen LogP contribution in [0.15, 0.2) is 30.3 Å².